The van der Waals surface area contributed by atoms with Crippen molar-refractivity contribution < 1.29 is 9.53 Å². The fraction of sp³-hybridized carbons (Fsp3) is 0.407. The van der Waals surface area contributed by atoms with Crippen LogP contribution in [0.15, 0.2) is 54.6 Å². The summed E-state index contributed by atoms with van der Waals surface area (Å²) in [4.78, 5) is 19.2. The molecule has 1 unspecified atom stereocenters. The fourth-order valence-electron chi connectivity index (χ4n) is 5.90. The molecule has 2 aromatic carbocycles. The number of aromatic amines is 1. The molecule has 2 aliphatic rings. The van der Waals surface area contributed by atoms with E-state index in [0.717, 1.165) is 48.1 Å². The first-order valence-corrected chi connectivity index (χ1v) is 13.5. The topological polar surface area (TPSA) is 69.1 Å². The second-order valence-corrected chi connectivity index (χ2v) is 11.8. The van der Waals surface area contributed by atoms with E-state index in [9.17, 15) is 10.1 Å². The minimum atomic E-state index is -0.232. The molecule has 5 atom stereocenters. The molecule has 0 saturated carbocycles. The molecule has 3 aromatic rings. The molecular formula is C27H29N3O2Se. The van der Waals surface area contributed by atoms with Gasteiger partial charge in [-0.1, -0.05) is 0 Å². The number of esters is 1. The van der Waals surface area contributed by atoms with Crippen LogP contribution in [0, 0.1) is 23.2 Å². The number of aromatic nitrogens is 1. The molecule has 33 heavy (non-hydrogen) atoms. The second-order valence-electron chi connectivity index (χ2n) is 9.08. The Hall–Kier alpha value is -2.58. The average Bonchev–Trinajstić information content (AvgIpc) is 3.24. The van der Waals surface area contributed by atoms with Gasteiger partial charge in [-0.15, -0.1) is 0 Å². The van der Waals surface area contributed by atoms with Crippen LogP contribution in [0.1, 0.15) is 43.0 Å². The third-order valence-corrected chi connectivity index (χ3v) is 9.68. The molecular weight excluding hydrogens is 477 g/mol. The van der Waals surface area contributed by atoms with Gasteiger partial charge < -0.3 is 0 Å². The van der Waals surface area contributed by atoms with Gasteiger partial charge in [0.15, 0.2) is 0 Å². The van der Waals surface area contributed by atoms with Gasteiger partial charge >= 0.3 is 201 Å². The SMILES string of the molecule is CC[C@@H]1CN(CC(C#N)[Se]c2ccccc2)[C@H]2C[C@@H]1[C@H](C(=O)OC)c1c2[nH]c2ccccc12. The number of para-hydroxylation sites is 1. The normalized spacial score (nSPS) is 25.2. The van der Waals surface area contributed by atoms with Gasteiger partial charge in [-0.25, -0.2) is 0 Å². The number of carbonyl (C=O) groups is 1. The van der Waals surface area contributed by atoms with E-state index in [4.69, 9.17) is 4.74 Å². The third kappa shape index (κ3) is 3.99. The molecule has 170 valence electrons. The van der Waals surface area contributed by atoms with Crippen molar-refractivity contribution in [2.75, 3.05) is 20.2 Å². The van der Waals surface area contributed by atoms with Crippen molar-refractivity contribution in [3.8, 4) is 6.07 Å². The van der Waals surface area contributed by atoms with Crippen LogP contribution in [0.2, 0.25) is 4.82 Å². The summed E-state index contributed by atoms with van der Waals surface area (Å²) in [5.41, 5.74) is 3.33. The molecule has 1 aliphatic heterocycles. The van der Waals surface area contributed by atoms with Gasteiger partial charge in [0.25, 0.3) is 0 Å². The van der Waals surface area contributed by atoms with Crippen molar-refractivity contribution in [1.29, 1.82) is 5.26 Å². The van der Waals surface area contributed by atoms with E-state index in [0.29, 0.717) is 5.92 Å². The molecule has 1 saturated heterocycles. The van der Waals surface area contributed by atoms with E-state index in [2.05, 4.69) is 59.3 Å². The van der Waals surface area contributed by atoms with Gasteiger partial charge in [0.2, 0.25) is 0 Å². The van der Waals surface area contributed by atoms with E-state index < -0.39 is 0 Å². The van der Waals surface area contributed by atoms with Gasteiger partial charge in [0.05, 0.1) is 0 Å². The number of methoxy groups -OCH3 is 1. The van der Waals surface area contributed by atoms with E-state index in [1.54, 1.807) is 0 Å². The minimum absolute atomic E-state index is 0.0138. The number of H-pyrrole nitrogens is 1. The van der Waals surface area contributed by atoms with Crippen molar-refractivity contribution in [2.45, 2.75) is 36.5 Å². The molecule has 1 aliphatic carbocycles. The van der Waals surface area contributed by atoms with Gasteiger partial charge in [-0.3, -0.25) is 0 Å². The molecule has 1 N–H and O–H groups in total. The Morgan fingerprint density at radius 2 is 2.00 bits per heavy atom. The predicted molar refractivity (Wildman–Crippen MR) is 130 cm³/mol. The second kappa shape index (κ2) is 9.35. The van der Waals surface area contributed by atoms with Crippen LogP contribution in [-0.4, -0.2) is 51.0 Å². The molecule has 6 heteroatoms. The first-order chi connectivity index (χ1) is 16.1. The van der Waals surface area contributed by atoms with Crippen LogP contribution in [-0.2, 0) is 9.53 Å². The summed E-state index contributed by atoms with van der Waals surface area (Å²) < 4.78 is 6.58. The van der Waals surface area contributed by atoms with Gasteiger partial charge in [-0.05, 0) is 0 Å². The number of likely N-dealkylation sites (tertiary alicyclic amines) is 1. The standard InChI is InChI=1S/C27H29N3O2Se/c1-3-17-15-30(16-19(14-28)33-18-9-5-4-6-10-18)23-13-21(17)25(27(31)32-2)24-20-11-7-8-12-22(20)29-26(23)24/h4-12,17,19,21,23,25,29H,3,13,15-16H2,1-2H3/t17-,19?,21+,23+,25+/m1/s1. The van der Waals surface area contributed by atoms with E-state index in [1.807, 2.05) is 18.2 Å². The van der Waals surface area contributed by atoms with Crippen LogP contribution in [0.3, 0.4) is 0 Å². The molecule has 0 amide bonds. The number of carbonyl (C=O) groups excluding carboxylic acids is 1. The third-order valence-electron chi connectivity index (χ3n) is 7.41. The molecule has 2 heterocycles. The zero-order valence-corrected chi connectivity index (χ0v) is 20.7. The Labute approximate surface area is 201 Å². The summed E-state index contributed by atoms with van der Waals surface area (Å²) in [6, 6.07) is 21.4. The molecule has 5 rings (SSSR count). The number of fused-ring (bicyclic) bond motifs is 6. The predicted octanol–water partition coefficient (Wildman–Crippen LogP) is 4.17. The summed E-state index contributed by atoms with van der Waals surface area (Å²) >= 11 is 0.0983. The summed E-state index contributed by atoms with van der Waals surface area (Å²) in [5.74, 6) is 0.301. The zero-order chi connectivity index (χ0) is 22.9. The number of rotatable bonds is 6. The van der Waals surface area contributed by atoms with Crippen molar-refractivity contribution in [3.05, 3.63) is 65.9 Å². The van der Waals surface area contributed by atoms with Gasteiger partial charge in [0, 0.05) is 0 Å². The number of benzene rings is 2. The first kappa shape index (κ1) is 22.2. The van der Waals surface area contributed by atoms with Gasteiger partial charge in [0.1, 0.15) is 0 Å². The number of hydrogen-bond acceptors (Lipinski definition) is 4. The monoisotopic (exact) mass is 507 g/mol. The number of nitriles is 1. The summed E-state index contributed by atoms with van der Waals surface area (Å²) in [6.07, 6.45) is 1.94. The van der Waals surface area contributed by atoms with E-state index in [1.165, 1.54) is 11.6 Å². The van der Waals surface area contributed by atoms with Crippen molar-refractivity contribution in [3.63, 3.8) is 0 Å². The van der Waals surface area contributed by atoms with Crippen LogP contribution >= 0.6 is 0 Å². The van der Waals surface area contributed by atoms with Crippen LogP contribution < -0.4 is 4.46 Å². The summed E-state index contributed by atoms with van der Waals surface area (Å²) in [5, 5.41) is 11.1. The fourth-order valence-corrected chi connectivity index (χ4v) is 7.92. The molecule has 1 fully saturated rings. The van der Waals surface area contributed by atoms with Crippen molar-refractivity contribution >= 4 is 36.3 Å². The van der Waals surface area contributed by atoms with Crippen molar-refractivity contribution in [2.24, 2.45) is 11.8 Å². The summed E-state index contributed by atoms with van der Waals surface area (Å²) in [6.45, 7) is 3.89. The number of ether oxygens (including phenoxy) is 1. The van der Waals surface area contributed by atoms with Crippen LogP contribution in [0.4, 0.5) is 0 Å². The van der Waals surface area contributed by atoms with Gasteiger partial charge in [-0.2, -0.15) is 0 Å². The molecule has 2 bridgehead atoms. The molecule has 0 spiro atoms. The summed E-state index contributed by atoms with van der Waals surface area (Å²) in [7, 11) is 1.50. The average molecular weight is 507 g/mol. The number of nitrogens with zero attached hydrogens (tertiary/aromatic N) is 2. The van der Waals surface area contributed by atoms with Crippen LogP contribution in [0.5, 0.6) is 0 Å². The Morgan fingerprint density at radius 1 is 1.24 bits per heavy atom. The number of nitrogens with one attached hydrogen (secondary N) is 1. The first-order valence-electron chi connectivity index (χ1n) is 11.7. The molecule has 1 aromatic heterocycles. The Kier molecular flexibility index (Phi) is 6.29. The van der Waals surface area contributed by atoms with E-state index >= 15 is 0 Å². The molecule has 0 radical (unpaired) electrons. The Balaban J connectivity index is 1.53. The zero-order valence-electron chi connectivity index (χ0n) is 19.0. The quantitative estimate of drug-likeness (QED) is 0.403. The van der Waals surface area contributed by atoms with Crippen LogP contribution in [0.25, 0.3) is 10.9 Å². The maximum atomic E-state index is 13.1. The molecule has 5 nitrogen and oxygen atoms in total. The number of hydrogen-bond donors (Lipinski definition) is 1. The number of piperidine rings is 1. The maximum absolute atomic E-state index is 13.1. The Bertz CT molecular complexity index is 1190. The van der Waals surface area contributed by atoms with Crippen molar-refractivity contribution in [1.82, 2.24) is 9.88 Å². The van der Waals surface area contributed by atoms with E-state index in [-0.39, 0.29) is 43.6 Å². The Morgan fingerprint density at radius 3 is 2.73 bits per heavy atom.